The molecule has 1 aromatic heterocycles. The highest BCUT2D eigenvalue weighted by atomic mass is 32.2. The van der Waals surface area contributed by atoms with Gasteiger partial charge in [-0.25, -0.2) is 18.4 Å². The van der Waals surface area contributed by atoms with Gasteiger partial charge in [-0.3, -0.25) is 0 Å². The van der Waals surface area contributed by atoms with E-state index in [0.29, 0.717) is 11.6 Å². The van der Waals surface area contributed by atoms with E-state index in [-0.39, 0.29) is 5.92 Å². The van der Waals surface area contributed by atoms with Crippen LogP contribution in [0.3, 0.4) is 0 Å². The summed E-state index contributed by atoms with van der Waals surface area (Å²) in [6.45, 7) is 8.55. The summed E-state index contributed by atoms with van der Waals surface area (Å²) in [4.78, 5) is 8.70. The lowest BCUT2D eigenvalue weighted by Gasteiger charge is -2.14. The normalized spacial score (nSPS) is 13.6. The number of anilines is 1. The van der Waals surface area contributed by atoms with E-state index in [2.05, 4.69) is 22.2 Å². The van der Waals surface area contributed by atoms with Crippen LogP contribution in [0.15, 0.2) is 6.07 Å². The van der Waals surface area contributed by atoms with Crippen molar-refractivity contribution in [2.75, 3.05) is 18.1 Å². The highest BCUT2D eigenvalue weighted by Crippen LogP contribution is 2.22. The van der Waals surface area contributed by atoms with Crippen LogP contribution in [-0.2, 0) is 9.84 Å². The van der Waals surface area contributed by atoms with Crippen molar-refractivity contribution in [3.63, 3.8) is 0 Å². The third-order valence-corrected chi connectivity index (χ3v) is 4.41. The van der Waals surface area contributed by atoms with Crippen molar-refractivity contribution in [2.24, 2.45) is 0 Å². The Hall–Kier alpha value is -1.17. The van der Waals surface area contributed by atoms with E-state index in [9.17, 15) is 8.42 Å². The van der Waals surface area contributed by atoms with E-state index in [4.69, 9.17) is 0 Å². The third kappa shape index (κ3) is 4.45. The fourth-order valence-electron chi connectivity index (χ4n) is 1.50. The number of hydrogen-bond acceptors (Lipinski definition) is 5. The SMILES string of the molecule is CCCNc1cc(C(C)C)nc(C(C)S(C)(=O)=O)n1. The van der Waals surface area contributed by atoms with Gasteiger partial charge in [0.05, 0.1) is 0 Å². The van der Waals surface area contributed by atoms with E-state index in [1.807, 2.05) is 19.9 Å². The average Bonchev–Trinajstić information content (AvgIpc) is 2.33. The molecule has 0 aliphatic heterocycles. The zero-order chi connectivity index (χ0) is 14.6. The van der Waals surface area contributed by atoms with Gasteiger partial charge >= 0.3 is 0 Å². The minimum Gasteiger partial charge on any atom is -0.370 e. The number of rotatable bonds is 6. The van der Waals surface area contributed by atoms with Crippen LogP contribution in [-0.4, -0.2) is 31.2 Å². The van der Waals surface area contributed by atoms with Crippen LogP contribution < -0.4 is 5.32 Å². The topological polar surface area (TPSA) is 72.0 Å². The van der Waals surface area contributed by atoms with Gasteiger partial charge in [-0.15, -0.1) is 0 Å². The summed E-state index contributed by atoms with van der Waals surface area (Å²) >= 11 is 0. The molecule has 0 saturated carbocycles. The molecule has 5 nitrogen and oxygen atoms in total. The minimum absolute atomic E-state index is 0.232. The number of sulfone groups is 1. The van der Waals surface area contributed by atoms with Gasteiger partial charge in [0.2, 0.25) is 0 Å². The van der Waals surface area contributed by atoms with Crippen molar-refractivity contribution < 1.29 is 8.42 Å². The van der Waals surface area contributed by atoms with Gasteiger partial charge in [0, 0.05) is 24.6 Å². The molecule has 1 rings (SSSR count). The lowest BCUT2D eigenvalue weighted by Crippen LogP contribution is -2.15. The molecule has 0 radical (unpaired) electrons. The molecule has 0 amide bonds. The van der Waals surface area contributed by atoms with Gasteiger partial charge in [0.25, 0.3) is 0 Å². The van der Waals surface area contributed by atoms with E-state index in [1.165, 1.54) is 6.26 Å². The lowest BCUT2D eigenvalue weighted by molar-refractivity contribution is 0.588. The van der Waals surface area contributed by atoms with Crippen LogP contribution in [0.4, 0.5) is 5.82 Å². The van der Waals surface area contributed by atoms with Gasteiger partial charge in [-0.1, -0.05) is 20.8 Å². The van der Waals surface area contributed by atoms with Gasteiger partial charge in [0.15, 0.2) is 9.84 Å². The van der Waals surface area contributed by atoms with Crippen LogP contribution in [0.25, 0.3) is 0 Å². The molecule has 0 aliphatic rings. The van der Waals surface area contributed by atoms with Crippen molar-refractivity contribution in [2.45, 2.75) is 45.3 Å². The zero-order valence-electron chi connectivity index (χ0n) is 12.3. The first-order valence-corrected chi connectivity index (χ1v) is 8.52. The monoisotopic (exact) mass is 285 g/mol. The Morgan fingerprint density at radius 3 is 2.37 bits per heavy atom. The summed E-state index contributed by atoms with van der Waals surface area (Å²) in [6, 6.07) is 1.89. The zero-order valence-corrected chi connectivity index (χ0v) is 13.1. The van der Waals surface area contributed by atoms with Crippen molar-refractivity contribution in [3.05, 3.63) is 17.6 Å². The molecule has 108 valence electrons. The Morgan fingerprint density at radius 1 is 1.26 bits per heavy atom. The van der Waals surface area contributed by atoms with Gasteiger partial charge in [0.1, 0.15) is 16.9 Å². The molecule has 19 heavy (non-hydrogen) atoms. The van der Waals surface area contributed by atoms with Crippen molar-refractivity contribution >= 4 is 15.7 Å². The molecule has 1 heterocycles. The molecule has 1 aromatic rings. The van der Waals surface area contributed by atoms with Crippen molar-refractivity contribution in [1.82, 2.24) is 9.97 Å². The molecule has 1 unspecified atom stereocenters. The summed E-state index contributed by atoms with van der Waals surface area (Å²) < 4.78 is 23.3. The molecular formula is C13H23N3O2S. The maximum absolute atomic E-state index is 11.6. The first-order valence-electron chi connectivity index (χ1n) is 6.57. The summed E-state index contributed by atoms with van der Waals surface area (Å²) in [5, 5.41) is 2.50. The maximum atomic E-state index is 11.6. The minimum atomic E-state index is -3.19. The van der Waals surface area contributed by atoms with Crippen LogP contribution in [0.1, 0.15) is 56.8 Å². The molecular weight excluding hydrogens is 262 g/mol. The van der Waals surface area contributed by atoms with Crippen molar-refractivity contribution in [1.29, 1.82) is 0 Å². The van der Waals surface area contributed by atoms with Crippen LogP contribution in [0, 0.1) is 0 Å². The molecule has 0 spiro atoms. The predicted molar refractivity (Wildman–Crippen MR) is 78.2 cm³/mol. The summed E-state index contributed by atoms with van der Waals surface area (Å²) in [6.07, 6.45) is 2.19. The fraction of sp³-hybridized carbons (Fsp3) is 0.692. The van der Waals surface area contributed by atoms with Gasteiger partial charge in [-0.05, 0) is 19.3 Å². The first-order chi connectivity index (χ1) is 8.75. The molecule has 1 N–H and O–H groups in total. The number of hydrogen-bond donors (Lipinski definition) is 1. The van der Waals surface area contributed by atoms with E-state index >= 15 is 0 Å². The molecule has 0 saturated heterocycles. The Labute approximate surface area is 115 Å². The summed E-state index contributed by atoms with van der Waals surface area (Å²) in [5.74, 6) is 1.30. The molecule has 0 aromatic carbocycles. The number of nitrogens with zero attached hydrogens (tertiary/aromatic N) is 2. The smallest absolute Gasteiger partial charge is 0.157 e. The van der Waals surface area contributed by atoms with Gasteiger partial charge in [-0.2, -0.15) is 0 Å². The van der Waals surface area contributed by atoms with Gasteiger partial charge < -0.3 is 5.32 Å². The predicted octanol–water partition coefficient (Wildman–Crippen LogP) is 2.53. The van der Waals surface area contributed by atoms with E-state index in [1.54, 1.807) is 6.92 Å². The van der Waals surface area contributed by atoms with Crippen LogP contribution >= 0.6 is 0 Å². The largest absolute Gasteiger partial charge is 0.370 e. The molecule has 6 heteroatoms. The molecule has 0 fully saturated rings. The second-order valence-electron chi connectivity index (χ2n) is 5.09. The quantitative estimate of drug-likeness (QED) is 0.869. The van der Waals surface area contributed by atoms with Crippen molar-refractivity contribution in [3.8, 4) is 0 Å². The third-order valence-electron chi connectivity index (χ3n) is 2.92. The first kappa shape index (κ1) is 15.9. The van der Waals surface area contributed by atoms with Crippen LogP contribution in [0.5, 0.6) is 0 Å². The standard InChI is InChI=1S/C13H23N3O2S/c1-6-7-14-12-8-11(9(2)3)15-13(16-12)10(4)19(5,17)18/h8-10H,6-7H2,1-5H3,(H,14,15,16). The summed E-state index contributed by atoms with van der Waals surface area (Å²) in [7, 11) is -3.19. The number of aromatic nitrogens is 2. The molecule has 0 bridgehead atoms. The average molecular weight is 285 g/mol. The summed E-state index contributed by atoms with van der Waals surface area (Å²) in [5.41, 5.74) is 0.860. The highest BCUT2D eigenvalue weighted by molar-refractivity contribution is 7.90. The Balaban J connectivity index is 3.20. The van der Waals surface area contributed by atoms with Crippen LogP contribution in [0.2, 0.25) is 0 Å². The van der Waals surface area contributed by atoms with E-state index in [0.717, 1.165) is 18.7 Å². The highest BCUT2D eigenvalue weighted by Gasteiger charge is 2.22. The fourth-order valence-corrected chi connectivity index (χ4v) is 1.99. The second kappa shape index (κ2) is 6.32. The Bertz CT molecular complexity index is 527. The second-order valence-corrected chi connectivity index (χ2v) is 7.46. The lowest BCUT2D eigenvalue weighted by atomic mass is 10.1. The van der Waals surface area contributed by atoms with E-state index < -0.39 is 15.1 Å². The molecule has 0 aliphatic carbocycles. The Kier molecular flexibility index (Phi) is 5.29. The maximum Gasteiger partial charge on any atom is 0.157 e. The Morgan fingerprint density at radius 2 is 1.89 bits per heavy atom. The number of nitrogens with one attached hydrogen (secondary N) is 1. The molecule has 1 atom stereocenters.